The molecular formula is C20H18ClNO2. The minimum absolute atomic E-state index is 0.0399. The van der Waals surface area contributed by atoms with Crippen molar-refractivity contribution in [2.45, 2.75) is 13.0 Å². The summed E-state index contributed by atoms with van der Waals surface area (Å²) in [7, 11) is 1.67. The van der Waals surface area contributed by atoms with E-state index in [9.17, 15) is 0 Å². The standard InChI is InChI=1S/C20H18ClNO2/c1-24-20-8-6-14(9-15-5-7-18(13-23)22-12-15)10-19(20)16-3-2-4-17(21)11-16/h2-8,10-12,23H,9,13H2,1H3. The summed E-state index contributed by atoms with van der Waals surface area (Å²) in [5, 5.41) is 9.77. The molecule has 0 saturated carbocycles. The van der Waals surface area contributed by atoms with Gasteiger partial charge in [-0.3, -0.25) is 4.98 Å². The van der Waals surface area contributed by atoms with Crippen LogP contribution in [0.15, 0.2) is 60.8 Å². The molecule has 0 saturated heterocycles. The molecule has 0 spiro atoms. The Morgan fingerprint density at radius 2 is 1.88 bits per heavy atom. The monoisotopic (exact) mass is 339 g/mol. The lowest BCUT2D eigenvalue weighted by Crippen LogP contribution is -1.95. The lowest BCUT2D eigenvalue weighted by atomic mass is 9.98. The summed E-state index contributed by atoms with van der Waals surface area (Å²) in [6.07, 6.45) is 2.56. The summed E-state index contributed by atoms with van der Waals surface area (Å²) < 4.78 is 5.49. The molecule has 1 heterocycles. The third-order valence-electron chi connectivity index (χ3n) is 3.86. The highest BCUT2D eigenvalue weighted by molar-refractivity contribution is 6.30. The number of ether oxygens (including phenoxy) is 1. The highest BCUT2D eigenvalue weighted by atomic mass is 35.5. The topological polar surface area (TPSA) is 42.4 Å². The van der Waals surface area contributed by atoms with Crippen LogP contribution in [0.25, 0.3) is 11.1 Å². The Labute approximate surface area is 146 Å². The van der Waals surface area contributed by atoms with Gasteiger partial charge in [0.25, 0.3) is 0 Å². The summed E-state index contributed by atoms with van der Waals surface area (Å²) in [6, 6.07) is 17.7. The molecule has 1 N–H and O–H groups in total. The van der Waals surface area contributed by atoms with Crippen LogP contribution in [0.1, 0.15) is 16.8 Å². The van der Waals surface area contributed by atoms with E-state index in [4.69, 9.17) is 21.4 Å². The Morgan fingerprint density at radius 1 is 1.04 bits per heavy atom. The lowest BCUT2D eigenvalue weighted by molar-refractivity contribution is 0.277. The Hall–Kier alpha value is -2.36. The van der Waals surface area contributed by atoms with E-state index in [-0.39, 0.29) is 6.61 Å². The number of aliphatic hydroxyl groups is 1. The van der Waals surface area contributed by atoms with Gasteiger partial charge in [0.05, 0.1) is 19.4 Å². The number of pyridine rings is 1. The van der Waals surface area contributed by atoms with Crippen molar-refractivity contribution < 1.29 is 9.84 Å². The molecule has 3 aromatic rings. The molecule has 2 aromatic carbocycles. The van der Waals surface area contributed by atoms with Crippen LogP contribution in [0.2, 0.25) is 5.02 Å². The summed E-state index contributed by atoms with van der Waals surface area (Å²) >= 11 is 6.12. The predicted molar refractivity (Wildman–Crippen MR) is 96.4 cm³/mol. The fourth-order valence-corrected chi connectivity index (χ4v) is 2.83. The van der Waals surface area contributed by atoms with E-state index in [0.717, 1.165) is 34.4 Å². The van der Waals surface area contributed by atoms with Crippen molar-refractivity contribution in [3.8, 4) is 16.9 Å². The van der Waals surface area contributed by atoms with Gasteiger partial charge in [-0.05, 0) is 53.4 Å². The van der Waals surface area contributed by atoms with E-state index < -0.39 is 0 Å². The zero-order valence-corrected chi connectivity index (χ0v) is 14.1. The highest BCUT2D eigenvalue weighted by Gasteiger charge is 2.08. The molecule has 0 aliphatic rings. The molecule has 3 rings (SSSR count). The van der Waals surface area contributed by atoms with E-state index in [2.05, 4.69) is 11.1 Å². The van der Waals surface area contributed by atoms with E-state index in [1.165, 1.54) is 0 Å². The second kappa shape index (κ2) is 7.47. The van der Waals surface area contributed by atoms with Crippen molar-refractivity contribution in [1.29, 1.82) is 0 Å². The Balaban J connectivity index is 1.93. The molecule has 122 valence electrons. The third-order valence-corrected chi connectivity index (χ3v) is 4.09. The third kappa shape index (κ3) is 3.75. The Morgan fingerprint density at radius 3 is 2.54 bits per heavy atom. The van der Waals surface area contributed by atoms with Gasteiger partial charge >= 0.3 is 0 Å². The molecule has 0 radical (unpaired) electrons. The smallest absolute Gasteiger partial charge is 0.126 e. The molecule has 0 atom stereocenters. The van der Waals surface area contributed by atoms with Crippen LogP contribution < -0.4 is 4.74 Å². The lowest BCUT2D eigenvalue weighted by Gasteiger charge is -2.12. The van der Waals surface area contributed by atoms with Crippen LogP contribution in [-0.2, 0) is 13.0 Å². The maximum Gasteiger partial charge on any atom is 0.126 e. The number of aliphatic hydroxyl groups excluding tert-OH is 1. The van der Waals surface area contributed by atoms with Gasteiger partial charge < -0.3 is 9.84 Å². The van der Waals surface area contributed by atoms with Gasteiger partial charge in [0, 0.05) is 16.8 Å². The minimum atomic E-state index is -0.0399. The molecule has 0 fully saturated rings. The van der Waals surface area contributed by atoms with Crippen molar-refractivity contribution in [2.75, 3.05) is 7.11 Å². The van der Waals surface area contributed by atoms with Crippen molar-refractivity contribution in [3.05, 3.63) is 82.6 Å². The fourth-order valence-electron chi connectivity index (χ4n) is 2.64. The molecule has 1 aromatic heterocycles. The van der Waals surface area contributed by atoms with Crippen LogP contribution in [0, 0.1) is 0 Å². The molecule has 4 heteroatoms. The number of nitrogens with zero attached hydrogens (tertiary/aromatic N) is 1. The summed E-state index contributed by atoms with van der Waals surface area (Å²) in [4.78, 5) is 4.23. The van der Waals surface area contributed by atoms with Gasteiger partial charge in [0.1, 0.15) is 5.75 Å². The average molecular weight is 340 g/mol. The molecule has 3 nitrogen and oxygen atoms in total. The molecule has 24 heavy (non-hydrogen) atoms. The second-order valence-corrected chi connectivity index (χ2v) is 5.97. The molecular weight excluding hydrogens is 322 g/mol. The zero-order chi connectivity index (χ0) is 16.9. The van der Waals surface area contributed by atoms with Gasteiger partial charge in [-0.1, -0.05) is 35.9 Å². The Kier molecular flexibility index (Phi) is 5.14. The number of rotatable bonds is 5. The molecule has 0 amide bonds. The molecule has 0 unspecified atom stereocenters. The first-order valence-corrected chi connectivity index (χ1v) is 8.05. The first kappa shape index (κ1) is 16.5. The average Bonchev–Trinajstić information content (AvgIpc) is 2.62. The van der Waals surface area contributed by atoms with Gasteiger partial charge in [0.15, 0.2) is 0 Å². The fraction of sp³-hybridized carbons (Fsp3) is 0.150. The van der Waals surface area contributed by atoms with Gasteiger partial charge in [-0.25, -0.2) is 0 Å². The number of benzene rings is 2. The van der Waals surface area contributed by atoms with Crippen molar-refractivity contribution in [1.82, 2.24) is 4.98 Å². The van der Waals surface area contributed by atoms with Gasteiger partial charge in [0.2, 0.25) is 0 Å². The molecule has 0 aliphatic carbocycles. The van der Waals surface area contributed by atoms with Crippen LogP contribution in [-0.4, -0.2) is 17.2 Å². The van der Waals surface area contributed by atoms with E-state index in [0.29, 0.717) is 10.7 Å². The van der Waals surface area contributed by atoms with Crippen LogP contribution in [0.3, 0.4) is 0 Å². The van der Waals surface area contributed by atoms with Crippen molar-refractivity contribution in [2.24, 2.45) is 0 Å². The minimum Gasteiger partial charge on any atom is -0.496 e. The van der Waals surface area contributed by atoms with E-state index >= 15 is 0 Å². The van der Waals surface area contributed by atoms with Gasteiger partial charge in [-0.2, -0.15) is 0 Å². The van der Waals surface area contributed by atoms with Crippen LogP contribution >= 0.6 is 11.6 Å². The Bertz CT molecular complexity index is 831. The van der Waals surface area contributed by atoms with E-state index in [1.807, 2.05) is 48.5 Å². The number of halogens is 1. The maximum atomic E-state index is 9.07. The molecule has 0 aliphatic heterocycles. The first-order valence-electron chi connectivity index (χ1n) is 7.67. The summed E-state index contributed by atoms with van der Waals surface area (Å²) in [5.74, 6) is 0.815. The second-order valence-electron chi connectivity index (χ2n) is 5.54. The summed E-state index contributed by atoms with van der Waals surface area (Å²) in [5.41, 5.74) is 4.96. The van der Waals surface area contributed by atoms with Crippen molar-refractivity contribution >= 4 is 11.6 Å². The van der Waals surface area contributed by atoms with Gasteiger partial charge in [-0.15, -0.1) is 0 Å². The van der Waals surface area contributed by atoms with Crippen LogP contribution in [0.4, 0.5) is 0 Å². The van der Waals surface area contributed by atoms with Crippen LogP contribution in [0.5, 0.6) is 5.75 Å². The number of aromatic nitrogens is 1. The van der Waals surface area contributed by atoms with E-state index in [1.54, 1.807) is 13.3 Å². The maximum absolute atomic E-state index is 9.07. The normalized spacial score (nSPS) is 10.6. The first-order chi connectivity index (χ1) is 11.7. The highest BCUT2D eigenvalue weighted by Crippen LogP contribution is 2.32. The SMILES string of the molecule is COc1ccc(Cc2ccc(CO)nc2)cc1-c1cccc(Cl)c1. The quantitative estimate of drug-likeness (QED) is 0.744. The van der Waals surface area contributed by atoms with Crippen molar-refractivity contribution in [3.63, 3.8) is 0 Å². The predicted octanol–water partition coefficient (Wildman–Crippen LogP) is 4.49. The summed E-state index contributed by atoms with van der Waals surface area (Å²) in [6.45, 7) is -0.0399. The number of methoxy groups -OCH3 is 1. The number of hydrogen-bond donors (Lipinski definition) is 1. The molecule has 0 bridgehead atoms. The largest absolute Gasteiger partial charge is 0.496 e. The number of hydrogen-bond acceptors (Lipinski definition) is 3. The zero-order valence-electron chi connectivity index (χ0n) is 13.4.